The van der Waals surface area contributed by atoms with Crippen molar-refractivity contribution in [3.05, 3.63) is 46.8 Å². The fourth-order valence-corrected chi connectivity index (χ4v) is 1.90. The molecule has 0 aliphatic carbocycles. The van der Waals surface area contributed by atoms with E-state index in [-0.39, 0.29) is 12.3 Å². The highest BCUT2D eigenvalue weighted by molar-refractivity contribution is 5.92. The third kappa shape index (κ3) is 3.20. The molecule has 0 saturated carbocycles. The first-order valence-corrected chi connectivity index (χ1v) is 6.10. The number of carbonyl (C=O) groups is 1. The normalized spacial score (nSPS) is 10.5. The van der Waals surface area contributed by atoms with Crippen LogP contribution in [0.4, 0.5) is 5.69 Å². The minimum atomic E-state index is -0.0939. The number of rotatable bonds is 4. The van der Waals surface area contributed by atoms with Gasteiger partial charge in [0, 0.05) is 17.8 Å². The number of amides is 1. The van der Waals surface area contributed by atoms with Gasteiger partial charge in [-0.2, -0.15) is 0 Å². The van der Waals surface area contributed by atoms with E-state index >= 15 is 0 Å². The number of aryl methyl sites for hydroxylation is 2. The number of hydrogen-bond donors (Lipinski definition) is 2. The summed E-state index contributed by atoms with van der Waals surface area (Å²) >= 11 is 0. The van der Waals surface area contributed by atoms with Crippen LogP contribution < -0.4 is 11.1 Å². The molecule has 0 spiro atoms. The van der Waals surface area contributed by atoms with Crippen LogP contribution in [-0.2, 0) is 17.8 Å². The monoisotopic (exact) mass is 259 g/mol. The second kappa shape index (κ2) is 5.67. The lowest BCUT2D eigenvalue weighted by atomic mass is 10.1. The van der Waals surface area contributed by atoms with E-state index in [2.05, 4.69) is 10.5 Å². The molecule has 1 amide bonds. The molecule has 0 atom stereocenters. The lowest BCUT2D eigenvalue weighted by molar-refractivity contribution is -0.115. The quantitative estimate of drug-likeness (QED) is 0.879. The van der Waals surface area contributed by atoms with Gasteiger partial charge in [0.15, 0.2) is 0 Å². The molecular weight excluding hydrogens is 242 g/mol. The van der Waals surface area contributed by atoms with Crippen LogP contribution in [0.5, 0.6) is 0 Å². The Morgan fingerprint density at radius 2 is 2.21 bits per heavy atom. The lowest BCUT2D eigenvalue weighted by Crippen LogP contribution is -2.15. The highest BCUT2D eigenvalue weighted by Crippen LogP contribution is 2.15. The maximum atomic E-state index is 12.0. The molecule has 0 fully saturated rings. The third-order valence-electron chi connectivity index (χ3n) is 2.96. The summed E-state index contributed by atoms with van der Waals surface area (Å²) in [7, 11) is 0. The standard InChI is InChI=1S/C14H17N3O2/c1-9-13(10(2)19-17-9)7-14(18)16-12-5-3-4-11(6-12)8-15/h3-6H,7-8,15H2,1-2H3,(H,16,18). The maximum Gasteiger partial charge on any atom is 0.228 e. The highest BCUT2D eigenvalue weighted by Gasteiger charge is 2.13. The van der Waals surface area contributed by atoms with Crippen molar-refractivity contribution >= 4 is 11.6 Å². The summed E-state index contributed by atoms with van der Waals surface area (Å²) in [4.78, 5) is 12.0. The summed E-state index contributed by atoms with van der Waals surface area (Å²) in [6, 6.07) is 7.49. The molecule has 2 rings (SSSR count). The van der Waals surface area contributed by atoms with E-state index in [1.165, 1.54) is 0 Å². The zero-order valence-corrected chi connectivity index (χ0v) is 11.1. The number of nitrogens with one attached hydrogen (secondary N) is 1. The third-order valence-corrected chi connectivity index (χ3v) is 2.96. The van der Waals surface area contributed by atoms with E-state index in [0.29, 0.717) is 12.3 Å². The first-order valence-electron chi connectivity index (χ1n) is 6.10. The molecule has 0 radical (unpaired) electrons. The van der Waals surface area contributed by atoms with Crippen LogP contribution in [0.25, 0.3) is 0 Å². The average Bonchev–Trinajstić information content (AvgIpc) is 2.71. The zero-order chi connectivity index (χ0) is 13.8. The summed E-state index contributed by atoms with van der Waals surface area (Å²) in [6.45, 7) is 4.08. The van der Waals surface area contributed by atoms with Gasteiger partial charge in [0.2, 0.25) is 5.91 Å². The second-order valence-electron chi connectivity index (χ2n) is 4.43. The summed E-state index contributed by atoms with van der Waals surface area (Å²) < 4.78 is 5.04. The molecule has 5 nitrogen and oxygen atoms in total. The van der Waals surface area contributed by atoms with Crippen LogP contribution in [0.2, 0.25) is 0 Å². The van der Waals surface area contributed by atoms with Crippen molar-refractivity contribution < 1.29 is 9.32 Å². The predicted molar refractivity (Wildman–Crippen MR) is 72.6 cm³/mol. The van der Waals surface area contributed by atoms with E-state index in [9.17, 15) is 4.79 Å². The smallest absolute Gasteiger partial charge is 0.228 e. The molecule has 2 aromatic rings. The number of carbonyl (C=O) groups excluding carboxylic acids is 1. The molecule has 19 heavy (non-hydrogen) atoms. The van der Waals surface area contributed by atoms with Crippen molar-refractivity contribution in [1.29, 1.82) is 0 Å². The first-order chi connectivity index (χ1) is 9.10. The summed E-state index contributed by atoms with van der Waals surface area (Å²) in [6.07, 6.45) is 0.258. The summed E-state index contributed by atoms with van der Waals surface area (Å²) in [5, 5.41) is 6.68. The fourth-order valence-electron chi connectivity index (χ4n) is 1.90. The summed E-state index contributed by atoms with van der Waals surface area (Å²) in [5.41, 5.74) is 8.89. The van der Waals surface area contributed by atoms with E-state index in [0.717, 1.165) is 22.5 Å². The Bertz CT molecular complexity index is 571. The molecule has 100 valence electrons. The van der Waals surface area contributed by atoms with Crippen LogP contribution in [-0.4, -0.2) is 11.1 Å². The van der Waals surface area contributed by atoms with Crippen molar-refractivity contribution in [2.45, 2.75) is 26.8 Å². The van der Waals surface area contributed by atoms with Gasteiger partial charge in [-0.05, 0) is 31.5 Å². The number of nitrogens with zero attached hydrogens (tertiary/aromatic N) is 1. The van der Waals surface area contributed by atoms with Crippen molar-refractivity contribution in [1.82, 2.24) is 5.16 Å². The van der Waals surface area contributed by atoms with Gasteiger partial charge in [-0.3, -0.25) is 4.79 Å². The summed E-state index contributed by atoms with van der Waals surface area (Å²) in [5.74, 6) is 0.590. The number of aromatic nitrogens is 1. The average molecular weight is 259 g/mol. The van der Waals surface area contributed by atoms with Crippen LogP contribution in [0.1, 0.15) is 22.6 Å². The SMILES string of the molecule is Cc1noc(C)c1CC(=O)Nc1cccc(CN)c1. The van der Waals surface area contributed by atoms with Gasteiger partial charge < -0.3 is 15.6 Å². The van der Waals surface area contributed by atoms with Crippen molar-refractivity contribution in [2.24, 2.45) is 5.73 Å². The van der Waals surface area contributed by atoms with E-state index < -0.39 is 0 Å². The Morgan fingerprint density at radius 1 is 1.42 bits per heavy atom. The number of nitrogens with two attached hydrogens (primary N) is 1. The second-order valence-corrected chi connectivity index (χ2v) is 4.43. The van der Waals surface area contributed by atoms with Crippen LogP contribution >= 0.6 is 0 Å². The molecule has 1 aromatic carbocycles. The lowest BCUT2D eigenvalue weighted by Gasteiger charge is -2.06. The Labute approximate surface area is 111 Å². The Morgan fingerprint density at radius 3 is 2.84 bits per heavy atom. The molecular formula is C14H17N3O2. The molecule has 0 saturated heterocycles. The van der Waals surface area contributed by atoms with Crippen molar-refractivity contribution in [3.8, 4) is 0 Å². The molecule has 1 heterocycles. The topological polar surface area (TPSA) is 81.2 Å². The first kappa shape index (κ1) is 13.3. The van der Waals surface area contributed by atoms with Crippen LogP contribution in [0.3, 0.4) is 0 Å². The molecule has 3 N–H and O–H groups in total. The number of hydrogen-bond acceptors (Lipinski definition) is 4. The van der Waals surface area contributed by atoms with Gasteiger partial charge in [0.25, 0.3) is 0 Å². The molecule has 1 aromatic heterocycles. The Kier molecular flexibility index (Phi) is 3.97. The predicted octanol–water partition coefficient (Wildman–Crippen LogP) is 1.93. The van der Waals surface area contributed by atoms with Crippen molar-refractivity contribution in [2.75, 3.05) is 5.32 Å². The maximum absolute atomic E-state index is 12.0. The Balaban J connectivity index is 2.05. The fraction of sp³-hybridized carbons (Fsp3) is 0.286. The molecule has 0 bridgehead atoms. The molecule has 0 aliphatic rings. The van der Waals surface area contributed by atoms with Crippen LogP contribution in [0, 0.1) is 13.8 Å². The van der Waals surface area contributed by atoms with Gasteiger partial charge in [-0.25, -0.2) is 0 Å². The minimum Gasteiger partial charge on any atom is -0.361 e. The number of anilines is 1. The van der Waals surface area contributed by atoms with E-state index in [4.69, 9.17) is 10.3 Å². The van der Waals surface area contributed by atoms with Crippen molar-refractivity contribution in [3.63, 3.8) is 0 Å². The zero-order valence-electron chi connectivity index (χ0n) is 11.1. The van der Waals surface area contributed by atoms with Gasteiger partial charge in [-0.15, -0.1) is 0 Å². The number of benzene rings is 1. The van der Waals surface area contributed by atoms with Gasteiger partial charge in [0.1, 0.15) is 5.76 Å². The highest BCUT2D eigenvalue weighted by atomic mass is 16.5. The molecule has 0 unspecified atom stereocenters. The van der Waals surface area contributed by atoms with Gasteiger partial charge >= 0.3 is 0 Å². The van der Waals surface area contributed by atoms with Gasteiger partial charge in [-0.1, -0.05) is 17.3 Å². The minimum absolute atomic E-state index is 0.0939. The van der Waals surface area contributed by atoms with E-state index in [1.54, 1.807) is 6.92 Å². The van der Waals surface area contributed by atoms with Gasteiger partial charge in [0.05, 0.1) is 12.1 Å². The molecule has 0 aliphatic heterocycles. The molecule has 5 heteroatoms. The van der Waals surface area contributed by atoms with Crippen LogP contribution in [0.15, 0.2) is 28.8 Å². The van der Waals surface area contributed by atoms with E-state index in [1.807, 2.05) is 31.2 Å². The largest absolute Gasteiger partial charge is 0.361 e. The Hall–Kier alpha value is -2.14.